The Morgan fingerprint density at radius 1 is 1.09 bits per heavy atom. The van der Waals surface area contributed by atoms with Crippen LogP contribution in [0.25, 0.3) is 0 Å². The molecule has 4 rings (SSSR count). The van der Waals surface area contributed by atoms with Gasteiger partial charge in [-0.15, -0.1) is 0 Å². The van der Waals surface area contributed by atoms with Crippen molar-refractivity contribution in [2.75, 3.05) is 48.3 Å². The zero-order valence-electron chi connectivity index (χ0n) is 17.9. The first-order valence-corrected chi connectivity index (χ1v) is 11.0. The smallest absolute Gasteiger partial charge is 0.321 e. The maximum atomic E-state index is 13.2. The standard InChI is InChI=1S/C23H26ClN5O3/c1-16-13-21(30)26-19-7-2-3-8-20(19)29(16)22(31)15-27-9-11-28(12-10-27)23(32)25-18-6-4-5-17(24)14-18/h2-8,14,16H,9-13,15H2,1H3,(H,25,32)(H,26,30)/t16-/m0/s1. The molecule has 0 aromatic heterocycles. The molecule has 0 spiro atoms. The molecular formula is C23H26ClN5O3. The van der Waals surface area contributed by atoms with Gasteiger partial charge in [-0.25, -0.2) is 4.79 Å². The number of nitrogens with zero attached hydrogens (tertiary/aromatic N) is 3. The van der Waals surface area contributed by atoms with Crippen molar-refractivity contribution in [2.45, 2.75) is 19.4 Å². The first-order valence-electron chi connectivity index (χ1n) is 10.7. The molecule has 2 aromatic rings. The lowest BCUT2D eigenvalue weighted by atomic mass is 10.1. The number of carbonyl (C=O) groups excluding carboxylic acids is 3. The quantitative estimate of drug-likeness (QED) is 0.744. The van der Waals surface area contributed by atoms with Gasteiger partial charge < -0.3 is 20.4 Å². The van der Waals surface area contributed by atoms with Crippen LogP contribution >= 0.6 is 11.6 Å². The van der Waals surface area contributed by atoms with E-state index in [2.05, 4.69) is 10.6 Å². The van der Waals surface area contributed by atoms with Crippen LogP contribution in [-0.2, 0) is 9.59 Å². The first-order chi connectivity index (χ1) is 15.4. The molecule has 0 radical (unpaired) electrons. The minimum atomic E-state index is -0.240. The van der Waals surface area contributed by atoms with Gasteiger partial charge in [-0.3, -0.25) is 14.5 Å². The van der Waals surface area contributed by atoms with Crippen LogP contribution < -0.4 is 15.5 Å². The van der Waals surface area contributed by atoms with Crippen LogP contribution in [0.1, 0.15) is 13.3 Å². The molecular weight excluding hydrogens is 430 g/mol. The molecule has 2 N–H and O–H groups in total. The second kappa shape index (κ2) is 9.58. The Hall–Kier alpha value is -3.10. The lowest BCUT2D eigenvalue weighted by Crippen LogP contribution is -2.53. The summed E-state index contributed by atoms with van der Waals surface area (Å²) in [6.07, 6.45) is 0.248. The van der Waals surface area contributed by atoms with E-state index >= 15 is 0 Å². The Balaban J connectivity index is 1.35. The first kappa shape index (κ1) is 22.1. The second-order valence-electron chi connectivity index (χ2n) is 8.09. The SMILES string of the molecule is C[C@H]1CC(=O)Nc2ccccc2N1C(=O)CN1CCN(C(=O)Nc2cccc(Cl)c2)CC1. The highest BCUT2D eigenvalue weighted by Gasteiger charge is 2.31. The molecule has 1 atom stereocenters. The molecule has 0 bridgehead atoms. The summed E-state index contributed by atoms with van der Waals surface area (Å²) in [5.41, 5.74) is 2.02. The van der Waals surface area contributed by atoms with E-state index in [0.717, 1.165) is 5.69 Å². The minimum Gasteiger partial charge on any atom is -0.324 e. The zero-order valence-corrected chi connectivity index (χ0v) is 18.6. The molecule has 9 heteroatoms. The number of carbonyl (C=O) groups is 3. The number of hydrogen-bond acceptors (Lipinski definition) is 4. The summed E-state index contributed by atoms with van der Waals surface area (Å²) in [7, 11) is 0. The van der Waals surface area contributed by atoms with Crippen LogP contribution in [0, 0.1) is 0 Å². The van der Waals surface area contributed by atoms with E-state index in [0.29, 0.717) is 42.6 Å². The highest BCUT2D eigenvalue weighted by Crippen LogP contribution is 2.31. The van der Waals surface area contributed by atoms with Crippen molar-refractivity contribution in [1.82, 2.24) is 9.80 Å². The van der Waals surface area contributed by atoms with Gasteiger partial charge in [-0.2, -0.15) is 0 Å². The average Bonchev–Trinajstić information content (AvgIpc) is 2.88. The number of nitrogens with one attached hydrogen (secondary N) is 2. The summed E-state index contributed by atoms with van der Waals surface area (Å²) in [6, 6.07) is 14.0. The molecule has 0 unspecified atom stereocenters. The maximum absolute atomic E-state index is 13.2. The Kier molecular flexibility index (Phi) is 6.62. The van der Waals surface area contributed by atoms with Crippen LogP contribution in [0.3, 0.4) is 0 Å². The van der Waals surface area contributed by atoms with Crippen LogP contribution in [0.2, 0.25) is 5.02 Å². The number of benzene rings is 2. The molecule has 2 aliphatic rings. The predicted octanol–water partition coefficient (Wildman–Crippen LogP) is 3.25. The molecule has 32 heavy (non-hydrogen) atoms. The monoisotopic (exact) mass is 455 g/mol. The molecule has 8 nitrogen and oxygen atoms in total. The Morgan fingerprint density at radius 2 is 1.84 bits per heavy atom. The Morgan fingerprint density at radius 3 is 2.59 bits per heavy atom. The van der Waals surface area contributed by atoms with Crippen molar-refractivity contribution in [3.05, 3.63) is 53.6 Å². The van der Waals surface area contributed by atoms with Gasteiger partial charge in [0.15, 0.2) is 0 Å². The van der Waals surface area contributed by atoms with Crippen molar-refractivity contribution in [3.63, 3.8) is 0 Å². The highest BCUT2D eigenvalue weighted by atomic mass is 35.5. The van der Waals surface area contributed by atoms with Crippen LogP contribution in [0.5, 0.6) is 0 Å². The van der Waals surface area contributed by atoms with Gasteiger partial charge in [0, 0.05) is 49.4 Å². The van der Waals surface area contributed by atoms with Gasteiger partial charge in [0.1, 0.15) is 0 Å². The number of urea groups is 1. The summed E-state index contributed by atoms with van der Waals surface area (Å²) in [4.78, 5) is 43.4. The third-order valence-electron chi connectivity index (χ3n) is 5.72. The highest BCUT2D eigenvalue weighted by molar-refractivity contribution is 6.30. The molecule has 4 amide bonds. The number of amides is 4. The van der Waals surface area contributed by atoms with Crippen LogP contribution in [-0.4, -0.2) is 66.4 Å². The van der Waals surface area contributed by atoms with E-state index in [-0.39, 0.29) is 36.9 Å². The van der Waals surface area contributed by atoms with E-state index in [1.807, 2.05) is 36.1 Å². The molecule has 0 aliphatic carbocycles. The number of anilines is 3. The van der Waals surface area contributed by atoms with Crippen molar-refractivity contribution >= 4 is 46.5 Å². The van der Waals surface area contributed by atoms with E-state index in [4.69, 9.17) is 11.6 Å². The van der Waals surface area contributed by atoms with Gasteiger partial charge in [-0.05, 0) is 37.3 Å². The number of piperazine rings is 1. The van der Waals surface area contributed by atoms with Crippen molar-refractivity contribution in [2.24, 2.45) is 0 Å². The van der Waals surface area contributed by atoms with Crippen molar-refractivity contribution in [3.8, 4) is 0 Å². The molecule has 2 heterocycles. The number of hydrogen-bond donors (Lipinski definition) is 2. The fourth-order valence-corrected chi connectivity index (χ4v) is 4.30. The summed E-state index contributed by atoms with van der Waals surface area (Å²) >= 11 is 5.98. The Bertz CT molecular complexity index is 1020. The lowest BCUT2D eigenvalue weighted by molar-refractivity contribution is -0.120. The van der Waals surface area contributed by atoms with E-state index in [1.54, 1.807) is 34.1 Å². The average molecular weight is 456 g/mol. The summed E-state index contributed by atoms with van der Waals surface area (Å²) < 4.78 is 0. The number of para-hydroxylation sites is 2. The largest absolute Gasteiger partial charge is 0.324 e. The van der Waals surface area contributed by atoms with E-state index in [1.165, 1.54) is 0 Å². The van der Waals surface area contributed by atoms with Crippen LogP contribution in [0.4, 0.5) is 21.9 Å². The third-order valence-corrected chi connectivity index (χ3v) is 5.96. The summed E-state index contributed by atoms with van der Waals surface area (Å²) in [5.74, 6) is -0.155. The number of fused-ring (bicyclic) bond motifs is 1. The van der Waals surface area contributed by atoms with Gasteiger partial charge in [0.25, 0.3) is 0 Å². The van der Waals surface area contributed by atoms with E-state index < -0.39 is 0 Å². The lowest BCUT2D eigenvalue weighted by Gasteiger charge is -2.36. The Labute approximate surface area is 192 Å². The zero-order chi connectivity index (χ0) is 22.7. The fourth-order valence-electron chi connectivity index (χ4n) is 4.11. The summed E-state index contributed by atoms with van der Waals surface area (Å²) in [5, 5.41) is 6.30. The third kappa shape index (κ3) is 5.03. The minimum absolute atomic E-state index is 0.0571. The predicted molar refractivity (Wildman–Crippen MR) is 125 cm³/mol. The van der Waals surface area contributed by atoms with E-state index in [9.17, 15) is 14.4 Å². The number of rotatable bonds is 3. The maximum Gasteiger partial charge on any atom is 0.321 e. The molecule has 2 aromatic carbocycles. The molecule has 1 fully saturated rings. The van der Waals surface area contributed by atoms with Gasteiger partial charge in [-0.1, -0.05) is 29.8 Å². The molecule has 1 saturated heterocycles. The van der Waals surface area contributed by atoms with Crippen molar-refractivity contribution < 1.29 is 14.4 Å². The molecule has 168 valence electrons. The van der Waals surface area contributed by atoms with Crippen LogP contribution in [0.15, 0.2) is 48.5 Å². The van der Waals surface area contributed by atoms with Gasteiger partial charge in [0.05, 0.1) is 17.9 Å². The second-order valence-corrected chi connectivity index (χ2v) is 8.52. The van der Waals surface area contributed by atoms with Gasteiger partial charge in [0.2, 0.25) is 11.8 Å². The molecule has 0 saturated carbocycles. The van der Waals surface area contributed by atoms with Crippen molar-refractivity contribution in [1.29, 1.82) is 0 Å². The van der Waals surface area contributed by atoms with Gasteiger partial charge >= 0.3 is 6.03 Å². The summed E-state index contributed by atoms with van der Waals surface area (Å²) in [6.45, 7) is 4.34. The molecule has 2 aliphatic heterocycles. The number of halogens is 1. The normalized spacial score (nSPS) is 19.1. The topological polar surface area (TPSA) is 85.0 Å². The fraction of sp³-hybridized carbons (Fsp3) is 0.348.